The molecule has 2 aromatic rings. The molecular weight excluding hydrogens is 351 g/mol. The van der Waals surface area contributed by atoms with Gasteiger partial charge in [0, 0.05) is 24.9 Å². The molecule has 0 saturated heterocycles. The molecule has 0 aliphatic carbocycles. The summed E-state index contributed by atoms with van der Waals surface area (Å²) >= 11 is 0. The molecule has 1 atom stereocenters. The quantitative estimate of drug-likeness (QED) is 0.764. The third kappa shape index (κ3) is 4.83. The number of benzene rings is 2. The van der Waals surface area contributed by atoms with Crippen LogP contribution in [0.5, 0.6) is 5.75 Å². The number of hydrogen-bond acceptors (Lipinski definition) is 4. The van der Waals surface area contributed by atoms with E-state index in [0.717, 1.165) is 5.56 Å². The second kappa shape index (κ2) is 8.64. The summed E-state index contributed by atoms with van der Waals surface area (Å²) in [5.41, 5.74) is 1.80. The number of methoxy groups -OCH3 is 1. The topological polar surface area (TPSA) is 76.7 Å². The first kappa shape index (κ1) is 18.8. The fraction of sp³-hybridized carbons (Fsp3) is 0.300. The summed E-state index contributed by atoms with van der Waals surface area (Å²) in [6.45, 7) is 1.22. The molecule has 0 spiro atoms. The van der Waals surface area contributed by atoms with Gasteiger partial charge < -0.3 is 20.1 Å². The molecule has 1 aliphatic heterocycles. The number of hydrogen-bond donors (Lipinski definition) is 2. The monoisotopic (exact) mass is 372 g/mol. The van der Waals surface area contributed by atoms with E-state index < -0.39 is 5.82 Å². The molecule has 2 aromatic carbocycles. The minimum absolute atomic E-state index is 0.0848. The highest BCUT2D eigenvalue weighted by molar-refractivity contribution is 6.04. The number of ether oxygens (including phenoxy) is 2. The zero-order valence-corrected chi connectivity index (χ0v) is 15.0. The van der Waals surface area contributed by atoms with Gasteiger partial charge in [-0.05, 0) is 54.4 Å². The Bertz CT molecular complexity index is 823. The summed E-state index contributed by atoms with van der Waals surface area (Å²) in [4.78, 5) is 24.5. The summed E-state index contributed by atoms with van der Waals surface area (Å²) in [5.74, 6) is -0.403. The van der Waals surface area contributed by atoms with Gasteiger partial charge in [-0.15, -0.1) is 0 Å². The van der Waals surface area contributed by atoms with Crippen molar-refractivity contribution in [2.75, 3.05) is 32.2 Å². The van der Waals surface area contributed by atoms with Crippen LogP contribution >= 0.6 is 0 Å². The van der Waals surface area contributed by atoms with E-state index in [9.17, 15) is 14.0 Å². The molecule has 0 aromatic heterocycles. The molecule has 3 rings (SSSR count). The van der Waals surface area contributed by atoms with Gasteiger partial charge >= 0.3 is 0 Å². The number of anilines is 1. The molecule has 0 saturated carbocycles. The van der Waals surface area contributed by atoms with Crippen molar-refractivity contribution in [3.8, 4) is 5.75 Å². The minimum Gasteiger partial charge on any atom is -0.492 e. The van der Waals surface area contributed by atoms with Crippen LogP contribution in [-0.4, -0.2) is 38.7 Å². The third-order valence-electron chi connectivity index (χ3n) is 4.31. The van der Waals surface area contributed by atoms with Gasteiger partial charge in [-0.2, -0.15) is 0 Å². The molecule has 6 nitrogen and oxygen atoms in total. The van der Waals surface area contributed by atoms with Gasteiger partial charge in [0.15, 0.2) is 0 Å². The molecule has 1 unspecified atom stereocenters. The number of nitrogens with one attached hydrogen (secondary N) is 2. The van der Waals surface area contributed by atoms with Crippen molar-refractivity contribution >= 4 is 17.5 Å². The lowest BCUT2D eigenvalue weighted by Crippen LogP contribution is -2.38. The Labute approximate surface area is 156 Å². The van der Waals surface area contributed by atoms with E-state index in [4.69, 9.17) is 9.47 Å². The summed E-state index contributed by atoms with van der Waals surface area (Å²) in [6.07, 6.45) is 0.522. The molecule has 1 heterocycles. The van der Waals surface area contributed by atoms with E-state index in [1.54, 1.807) is 25.3 Å². The highest BCUT2D eigenvalue weighted by atomic mass is 19.1. The van der Waals surface area contributed by atoms with Gasteiger partial charge in [-0.3, -0.25) is 9.59 Å². The molecule has 2 N–H and O–H groups in total. The van der Waals surface area contributed by atoms with Gasteiger partial charge in [-0.25, -0.2) is 4.39 Å². The van der Waals surface area contributed by atoms with Crippen LogP contribution in [0.3, 0.4) is 0 Å². The number of rotatable bonds is 6. The van der Waals surface area contributed by atoms with Gasteiger partial charge in [0.25, 0.3) is 5.91 Å². The first-order valence-corrected chi connectivity index (χ1v) is 8.66. The molecule has 27 heavy (non-hydrogen) atoms. The van der Waals surface area contributed by atoms with Crippen LogP contribution in [0.2, 0.25) is 0 Å². The standard InChI is InChI=1S/C20H21FN2O4/c1-26-9-8-22-19(24)15-10-14-11-17(6-7-18(14)27-12-15)23-20(25)13-2-4-16(21)5-3-13/h2-7,11,15H,8-10,12H2,1H3,(H,22,24)(H,23,25). The zero-order chi connectivity index (χ0) is 19.2. The molecule has 2 amide bonds. The Morgan fingerprint density at radius 1 is 1.22 bits per heavy atom. The predicted molar refractivity (Wildman–Crippen MR) is 98.4 cm³/mol. The molecule has 7 heteroatoms. The van der Waals surface area contributed by atoms with E-state index in [1.807, 2.05) is 0 Å². The average Bonchev–Trinajstić information content (AvgIpc) is 2.68. The zero-order valence-electron chi connectivity index (χ0n) is 15.0. The summed E-state index contributed by atoms with van der Waals surface area (Å²) in [7, 11) is 1.58. The van der Waals surface area contributed by atoms with Crippen LogP contribution in [-0.2, 0) is 16.0 Å². The van der Waals surface area contributed by atoms with E-state index in [1.165, 1.54) is 24.3 Å². The Hall–Kier alpha value is -2.93. The lowest BCUT2D eigenvalue weighted by molar-refractivity contribution is -0.126. The maximum Gasteiger partial charge on any atom is 0.255 e. The van der Waals surface area contributed by atoms with E-state index in [2.05, 4.69) is 10.6 Å². The second-order valence-corrected chi connectivity index (χ2v) is 6.28. The highest BCUT2D eigenvalue weighted by Crippen LogP contribution is 2.30. The SMILES string of the molecule is COCCNC(=O)C1COc2ccc(NC(=O)c3ccc(F)cc3)cc2C1. The minimum atomic E-state index is -0.396. The average molecular weight is 372 g/mol. The molecule has 0 fully saturated rings. The number of carbonyl (C=O) groups is 2. The van der Waals surface area contributed by atoms with Crippen molar-refractivity contribution < 1.29 is 23.5 Å². The fourth-order valence-electron chi connectivity index (χ4n) is 2.87. The summed E-state index contributed by atoms with van der Waals surface area (Å²) in [5, 5.41) is 5.59. The summed E-state index contributed by atoms with van der Waals surface area (Å²) < 4.78 is 23.6. The second-order valence-electron chi connectivity index (χ2n) is 6.28. The molecule has 1 aliphatic rings. The molecule has 0 radical (unpaired) electrons. The number of fused-ring (bicyclic) bond motifs is 1. The molecule has 142 valence electrons. The first-order chi connectivity index (χ1) is 13.1. The Morgan fingerprint density at radius 2 is 2.00 bits per heavy atom. The van der Waals surface area contributed by atoms with Crippen LogP contribution in [0.15, 0.2) is 42.5 Å². The first-order valence-electron chi connectivity index (χ1n) is 8.66. The summed E-state index contributed by atoms with van der Waals surface area (Å²) in [6, 6.07) is 10.6. The van der Waals surface area contributed by atoms with Gasteiger partial charge in [-0.1, -0.05) is 0 Å². The van der Waals surface area contributed by atoms with Crippen LogP contribution in [0.1, 0.15) is 15.9 Å². The Morgan fingerprint density at radius 3 is 2.74 bits per heavy atom. The lowest BCUT2D eigenvalue weighted by atomic mass is 9.95. The van der Waals surface area contributed by atoms with Crippen molar-refractivity contribution in [2.45, 2.75) is 6.42 Å². The van der Waals surface area contributed by atoms with E-state index in [-0.39, 0.29) is 17.7 Å². The van der Waals surface area contributed by atoms with Crippen molar-refractivity contribution in [3.63, 3.8) is 0 Å². The van der Waals surface area contributed by atoms with Crippen LogP contribution < -0.4 is 15.4 Å². The number of carbonyl (C=O) groups excluding carboxylic acids is 2. The molecular formula is C20H21FN2O4. The fourth-order valence-corrected chi connectivity index (χ4v) is 2.87. The van der Waals surface area contributed by atoms with E-state index >= 15 is 0 Å². The Kier molecular flexibility index (Phi) is 6.03. The highest BCUT2D eigenvalue weighted by Gasteiger charge is 2.26. The molecule has 0 bridgehead atoms. The van der Waals surface area contributed by atoms with Crippen LogP contribution in [0.4, 0.5) is 10.1 Å². The normalized spacial score (nSPS) is 15.4. The van der Waals surface area contributed by atoms with Crippen LogP contribution in [0.25, 0.3) is 0 Å². The van der Waals surface area contributed by atoms with Gasteiger partial charge in [0.2, 0.25) is 5.91 Å². The van der Waals surface area contributed by atoms with Crippen molar-refractivity contribution in [1.29, 1.82) is 0 Å². The van der Waals surface area contributed by atoms with Gasteiger partial charge in [0.05, 0.1) is 12.5 Å². The lowest BCUT2D eigenvalue weighted by Gasteiger charge is -2.25. The Balaban J connectivity index is 1.65. The largest absolute Gasteiger partial charge is 0.492 e. The van der Waals surface area contributed by atoms with E-state index in [0.29, 0.717) is 43.2 Å². The third-order valence-corrected chi connectivity index (χ3v) is 4.31. The van der Waals surface area contributed by atoms with Crippen molar-refractivity contribution in [3.05, 3.63) is 59.4 Å². The number of amides is 2. The van der Waals surface area contributed by atoms with Gasteiger partial charge in [0.1, 0.15) is 18.2 Å². The maximum absolute atomic E-state index is 13.0. The predicted octanol–water partition coefficient (Wildman–Crippen LogP) is 2.39. The van der Waals surface area contributed by atoms with Crippen molar-refractivity contribution in [1.82, 2.24) is 5.32 Å². The number of halogens is 1. The van der Waals surface area contributed by atoms with Crippen LogP contribution in [0, 0.1) is 11.7 Å². The maximum atomic E-state index is 13.0. The smallest absolute Gasteiger partial charge is 0.255 e. The van der Waals surface area contributed by atoms with Crippen molar-refractivity contribution in [2.24, 2.45) is 5.92 Å².